The van der Waals surface area contributed by atoms with Gasteiger partial charge in [0.05, 0.1) is 6.04 Å². The van der Waals surface area contributed by atoms with Crippen molar-refractivity contribution in [3.05, 3.63) is 102 Å². The van der Waals surface area contributed by atoms with Gasteiger partial charge in [-0.3, -0.25) is 4.79 Å². The average Bonchev–Trinajstić information content (AvgIpc) is 3.23. The van der Waals surface area contributed by atoms with Gasteiger partial charge in [0.25, 0.3) is 5.91 Å². The Labute approximate surface area is 187 Å². The highest BCUT2D eigenvalue weighted by molar-refractivity contribution is 5.99. The molecule has 1 amide bonds. The van der Waals surface area contributed by atoms with Crippen LogP contribution in [0.3, 0.4) is 0 Å². The molecule has 32 heavy (non-hydrogen) atoms. The fraction of sp³-hybridized carbons (Fsp3) is 0.185. The number of hydrogen-bond acceptors (Lipinski definition) is 2. The van der Waals surface area contributed by atoms with Crippen molar-refractivity contribution in [2.75, 3.05) is 0 Å². The first-order valence-corrected chi connectivity index (χ1v) is 10.9. The first-order chi connectivity index (χ1) is 15.6. The molecule has 0 spiro atoms. The van der Waals surface area contributed by atoms with Crippen LogP contribution in [0.4, 0.5) is 4.39 Å². The highest BCUT2D eigenvalue weighted by Gasteiger charge is 2.26. The van der Waals surface area contributed by atoms with Crippen molar-refractivity contribution in [1.82, 2.24) is 14.9 Å². The summed E-state index contributed by atoms with van der Waals surface area (Å²) in [4.78, 5) is 18.5. The molecule has 4 nitrogen and oxygen atoms in total. The lowest BCUT2D eigenvalue weighted by Crippen LogP contribution is -2.30. The molecule has 0 bridgehead atoms. The Kier molecular flexibility index (Phi) is 6.45. The number of nitrogens with zero attached hydrogens (tertiary/aromatic N) is 2. The van der Waals surface area contributed by atoms with Crippen molar-refractivity contribution in [2.24, 2.45) is 0 Å². The lowest BCUT2D eigenvalue weighted by molar-refractivity contribution is 0.0927. The van der Waals surface area contributed by atoms with Gasteiger partial charge in [0, 0.05) is 17.7 Å². The molecule has 0 unspecified atom stereocenters. The summed E-state index contributed by atoms with van der Waals surface area (Å²) in [6.07, 6.45) is 0.747. The summed E-state index contributed by atoms with van der Waals surface area (Å²) in [5.74, 6) is 0.0960. The Morgan fingerprint density at radius 2 is 1.59 bits per heavy atom. The van der Waals surface area contributed by atoms with Crippen molar-refractivity contribution in [1.29, 1.82) is 0 Å². The van der Waals surface area contributed by atoms with Gasteiger partial charge in [0.1, 0.15) is 23.0 Å². The van der Waals surface area contributed by atoms with Gasteiger partial charge < -0.3 is 9.88 Å². The third-order valence-corrected chi connectivity index (χ3v) is 5.54. The molecule has 1 atom stereocenters. The molecular formula is C27H26FN3O. The van der Waals surface area contributed by atoms with E-state index in [1.165, 1.54) is 12.1 Å². The highest BCUT2D eigenvalue weighted by atomic mass is 19.1. The molecule has 5 heteroatoms. The predicted octanol–water partition coefficient (Wildman–Crippen LogP) is 6.26. The van der Waals surface area contributed by atoms with Gasteiger partial charge >= 0.3 is 0 Å². The van der Waals surface area contributed by atoms with Crippen molar-refractivity contribution >= 4 is 5.91 Å². The second kappa shape index (κ2) is 9.60. The third kappa shape index (κ3) is 4.33. The topological polar surface area (TPSA) is 46.9 Å². The van der Waals surface area contributed by atoms with Gasteiger partial charge in [-0.15, -0.1) is 0 Å². The minimum absolute atomic E-state index is 0.135. The van der Waals surface area contributed by atoms with Crippen LogP contribution in [0.15, 0.2) is 84.9 Å². The van der Waals surface area contributed by atoms with Gasteiger partial charge in [-0.1, -0.05) is 79.7 Å². The number of rotatable bonds is 7. The lowest BCUT2D eigenvalue weighted by Gasteiger charge is -2.19. The van der Waals surface area contributed by atoms with E-state index in [1.807, 2.05) is 79.1 Å². The Morgan fingerprint density at radius 3 is 2.22 bits per heavy atom. The molecule has 0 aliphatic heterocycles. The Hall–Kier alpha value is -3.73. The zero-order valence-corrected chi connectivity index (χ0v) is 18.3. The molecule has 1 heterocycles. The molecule has 0 fully saturated rings. The van der Waals surface area contributed by atoms with Crippen molar-refractivity contribution < 1.29 is 9.18 Å². The molecule has 0 aliphatic rings. The van der Waals surface area contributed by atoms with Gasteiger partial charge in [-0.05, 0) is 31.0 Å². The number of carbonyl (C=O) groups is 1. The van der Waals surface area contributed by atoms with Gasteiger partial charge in [-0.2, -0.15) is 0 Å². The maximum atomic E-state index is 14.0. The molecule has 162 valence electrons. The van der Waals surface area contributed by atoms with Crippen LogP contribution in [0.5, 0.6) is 0 Å². The fourth-order valence-corrected chi connectivity index (χ4v) is 3.97. The third-order valence-electron chi connectivity index (χ3n) is 5.54. The van der Waals surface area contributed by atoms with E-state index in [9.17, 15) is 9.18 Å². The number of imidazole rings is 1. The molecule has 0 saturated carbocycles. The molecule has 0 saturated heterocycles. The Balaban J connectivity index is 1.83. The number of hydrogen-bond donors (Lipinski definition) is 1. The SMILES string of the molecule is CC[C@H](NC(=O)c1c(-c2cccc(F)c2)nc(-c2ccccc2)n1CC)c1ccccc1. The van der Waals surface area contributed by atoms with Crippen molar-refractivity contribution in [3.8, 4) is 22.6 Å². The second-order valence-corrected chi connectivity index (χ2v) is 7.60. The van der Waals surface area contributed by atoms with Crippen LogP contribution in [-0.4, -0.2) is 15.5 Å². The largest absolute Gasteiger partial charge is 0.344 e. The van der Waals surface area contributed by atoms with E-state index in [4.69, 9.17) is 4.98 Å². The quantitative estimate of drug-likeness (QED) is 0.378. The predicted molar refractivity (Wildman–Crippen MR) is 126 cm³/mol. The first-order valence-electron chi connectivity index (χ1n) is 10.9. The molecule has 1 aromatic heterocycles. The van der Waals surface area contributed by atoms with E-state index in [1.54, 1.807) is 12.1 Å². The zero-order chi connectivity index (χ0) is 22.5. The van der Waals surface area contributed by atoms with Gasteiger partial charge in [-0.25, -0.2) is 9.37 Å². The number of aromatic nitrogens is 2. The minimum Gasteiger partial charge on any atom is -0.344 e. The normalized spacial score (nSPS) is 11.8. The standard InChI is InChI=1S/C27H26FN3O/c1-3-23(19-12-7-5-8-13-19)29-27(32)25-24(21-16-11-17-22(28)18-21)30-26(31(25)4-2)20-14-9-6-10-15-20/h5-18,23H,3-4H2,1-2H3,(H,29,32)/t23-/m0/s1. The molecular weight excluding hydrogens is 401 g/mol. The summed E-state index contributed by atoms with van der Waals surface area (Å²) >= 11 is 0. The summed E-state index contributed by atoms with van der Waals surface area (Å²) in [5, 5.41) is 3.17. The number of carbonyl (C=O) groups excluding carboxylic acids is 1. The highest BCUT2D eigenvalue weighted by Crippen LogP contribution is 2.30. The molecule has 0 aliphatic carbocycles. The smallest absolute Gasteiger partial charge is 0.270 e. The van der Waals surface area contributed by atoms with Crippen LogP contribution in [0, 0.1) is 5.82 Å². The number of halogens is 1. The second-order valence-electron chi connectivity index (χ2n) is 7.60. The van der Waals surface area contributed by atoms with Crippen LogP contribution in [0.1, 0.15) is 42.4 Å². The van der Waals surface area contributed by atoms with Crippen LogP contribution in [-0.2, 0) is 6.54 Å². The molecule has 0 radical (unpaired) electrons. The van der Waals surface area contributed by atoms with E-state index in [2.05, 4.69) is 5.32 Å². The maximum Gasteiger partial charge on any atom is 0.270 e. The average molecular weight is 428 g/mol. The summed E-state index contributed by atoms with van der Waals surface area (Å²) in [6, 6.07) is 25.7. The van der Waals surface area contributed by atoms with E-state index >= 15 is 0 Å². The lowest BCUT2D eigenvalue weighted by atomic mass is 10.0. The number of nitrogens with one attached hydrogen (secondary N) is 1. The number of benzene rings is 3. The summed E-state index contributed by atoms with van der Waals surface area (Å²) < 4.78 is 16.0. The van der Waals surface area contributed by atoms with Gasteiger partial charge in [0.15, 0.2) is 0 Å². The summed E-state index contributed by atoms with van der Waals surface area (Å²) in [5.41, 5.74) is 3.44. The van der Waals surface area contributed by atoms with E-state index in [-0.39, 0.29) is 17.8 Å². The first kappa shape index (κ1) is 21.5. The van der Waals surface area contributed by atoms with E-state index in [0.717, 1.165) is 17.5 Å². The van der Waals surface area contributed by atoms with Crippen LogP contribution >= 0.6 is 0 Å². The number of amides is 1. The minimum atomic E-state index is -0.364. The van der Waals surface area contributed by atoms with Crippen molar-refractivity contribution in [2.45, 2.75) is 32.9 Å². The molecule has 4 aromatic rings. The molecule has 4 rings (SSSR count). The van der Waals surface area contributed by atoms with Gasteiger partial charge in [0.2, 0.25) is 0 Å². The Bertz CT molecular complexity index is 1200. The monoisotopic (exact) mass is 427 g/mol. The van der Waals surface area contributed by atoms with Crippen LogP contribution in [0.25, 0.3) is 22.6 Å². The van der Waals surface area contributed by atoms with Crippen LogP contribution in [0.2, 0.25) is 0 Å². The summed E-state index contributed by atoms with van der Waals surface area (Å²) in [6.45, 7) is 4.57. The summed E-state index contributed by atoms with van der Waals surface area (Å²) in [7, 11) is 0. The maximum absolute atomic E-state index is 14.0. The van der Waals surface area contributed by atoms with Crippen LogP contribution < -0.4 is 5.32 Å². The molecule has 3 aromatic carbocycles. The van der Waals surface area contributed by atoms with E-state index in [0.29, 0.717) is 29.3 Å². The van der Waals surface area contributed by atoms with Crippen molar-refractivity contribution in [3.63, 3.8) is 0 Å². The molecule has 1 N–H and O–H groups in total. The fourth-order valence-electron chi connectivity index (χ4n) is 3.97. The zero-order valence-electron chi connectivity index (χ0n) is 18.3. The Morgan fingerprint density at radius 1 is 0.938 bits per heavy atom. The van der Waals surface area contributed by atoms with E-state index < -0.39 is 0 Å².